The zero-order valence-electron chi connectivity index (χ0n) is 10.3. The standard InChI is InChI=1S/C14H18N2S/c1-11-6-7-17-14(11)10-16(2)13-5-3-4-12(8-13)9-15/h3-8H,9-10,15H2,1-2H3. The summed E-state index contributed by atoms with van der Waals surface area (Å²) in [6.07, 6.45) is 0. The number of hydrogen-bond donors (Lipinski definition) is 1. The number of rotatable bonds is 4. The molecular formula is C14H18N2S. The Morgan fingerprint density at radius 2 is 2.12 bits per heavy atom. The first-order chi connectivity index (χ1) is 8.20. The predicted molar refractivity (Wildman–Crippen MR) is 75.5 cm³/mol. The Labute approximate surface area is 107 Å². The van der Waals surface area contributed by atoms with Crippen LogP contribution in [-0.4, -0.2) is 7.05 Å². The minimum absolute atomic E-state index is 0.597. The van der Waals surface area contributed by atoms with Crippen molar-refractivity contribution in [1.82, 2.24) is 0 Å². The third-order valence-corrected chi connectivity index (χ3v) is 3.94. The summed E-state index contributed by atoms with van der Waals surface area (Å²) < 4.78 is 0. The van der Waals surface area contributed by atoms with Gasteiger partial charge in [-0.05, 0) is 41.6 Å². The smallest absolute Gasteiger partial charge is 0.0522 e. The molecule has 0 radical (unpaired) electrons. The van der Waals surface area contributed by atoms with E-state index in [2.05, 4.69) is 54.6 Å². The lowest BCUT2D eigenvalue weighted by Crippen LogP contribution is -2.16. The Morgan fingerprint density at radius 1 is 1.29 bits per heavy atom. The van der Waals surface area contributed by atoms with E-state index in [4.69, 9.17) is 5.73 Å². The molecule has 1 heterocycles. The Morgan fingerprint density at radius 3 is 2.76 bits per heavy atom. The quantitative estimate of drug-likeness (QED) is 0.898. The average Bonchev–Trinajstić information content (AvgIpc) is 2.75. The van der Waals surface area contributed by atoms with Crippen LogP contribution in [0.3, 0.4) is 0 Å². The van der Waals surface area contributed by atoms with Gasteiger partial charge < -0.3 is 10.6 Å². The summed E-state index contributed by atoms with van der Waals surface area (Å²) in [5, 5.41) is 2.15. The number of benzene rings is 1. The van der Waals surface area contributed by atoms with Crippen molar-refractivity contribution in [3.05, 3.63) is 51.7 Å². The van der Waals surface area contributed by atoms with Gasteiger partial charge in [-0.25, -0.2) is 0 Å². The Kier molecular flexibility index (Phi) is 3.82. The molecule has 3 heteroatoms. The van der Waals surface area contributed by atoms with E-state index < -0.39 is 0 Å². The van der Waals surface area contributed by atoms with Crippen molar-refractivity contribution in [3.8, 4) is 0 Å². The van der Waals surface area contributed by atoms with E-state index in [-0.39, 0.29) is 0 Å². The van der Waals surface area contributed by atoms with Crippen LogP contribution in [0.5, 0.6) is 0 Å². The zero-order valence-corrected chi connectivity index (χ0v) is 11.1. The molecule has 0 saturated carbocycles. The summed E-state index contributed by atoms with van der Waals surface area (Å²) >= 11 is 1.82. The van der Waals surface area contributed by atoms with Gasteiger partial charge in [-0.3, -0.25) is 0 Å². The molecule has 0 spiro atoms. The topological polar surface area (TPSA) is 29.3 Å². The third kappa shape index (κ3) is 2.87. The molecule has 1 aromatic carbocycles. The van der Waals surface area contributed by atoms with Crippen molar-refractivity contribution in [3.63, 3.8) is 0 Å². The van der Waals surface area contributed by atoms with Gasteiger partial charge in [0.1, 0.15) is 0 Å². The molecule has 0 saturated heterocycles. The minimum atomic E-state index is 0.597. The summed E-state index contributed by atoms with van der Waals surface area (Å²) in [5.41, 5.74) is 9.44. The predicted octanol–water partition coefficient (Wildman–Crippen LogP) is 3.15. The van der Waals surface area contributed by atoms with Crippen molar-refractivity contribution < 1.29 is 0 Å². The Balaban J connectivity index is 2.14. The highest BCUT2D eigenvalue weighted by Gasteiger charge is 2.05. The maximum absolute atomic E-state index is 5.66. The maximum atomic E-state index is 5.66. The Bertz CT molecular complexity index is 490. The van der Waals surface area contributed by atoms with Crippen molar-refractivity contribution >= 4 is 17.0 Å². The van der Waals surface area contributed by atoms with Gasteiger partial charge in [0.25, 0.3) is 0 Å². The lowest BCUT2D eigenvalue weighted by Gasteiger charge is -2.19. The van der Waals surface area contributed by atoms with E-state index in [9.17, 15) is 0 Å². The molecule has 0 atom stereocenters. The van der Waals surface area contributed by atoms with E-state index >= 15 is 0 Å². The lowest BCUT2D eigenvalue weighted by atomic mass is 10.2. The largest absolute Gasteiger partial charge is 0.369 e. The van der Waals surface area contributed by atoms with Crippen LogP contribution < -0.4 is 10.6 Å². The monoisotopic (exact) mass is 246 g/mol. The van der Waals surface area contributed by atoms with Crippen LogP contribution in [0.2, 0.25) is 0 Å². The molecule has 1 aromatic heterocycles. The molecule has 0 fully saturated rings. The van der Waals surface area contributed by atoms with Gasteiger partial charge in [0.2, 0.25) is 0 Å². The van der Waals surface area contributed by atoms with Crippen LogP contribution in [0, 0.1) is 6.92 Å². The molecule has 2 N–H and O–H groups in total. The number of nitrogens with zero attached hydrogens (tertiary/aromatic N) is 1. The zero-order chi connectivity index (χ0) is 12.3. The number of thiophene rings is 1. The second-order valence-electron chi connectivity index (χ2n) is 4.26. The third-order valence-electron chi connectivity index (χ3n) is 2.94. The summed E-state index contributed by atoms with van der Waals surface area (Å²) in [4.78, 5) is 3.68. The SMILES string of the molecule is Cc1ccsc1CN(C)c1cccc(CN)c1. The molecule has 0 bridgehead atoms. The minimum Gasteiger partial charge on any atom is -0.369 e. The summed E-state index contributed by atoms with van der Waals surface area (Å²) in [6.45, 7) is 3.72. The second kappa shape index (κ2) is 5.34. The molecule has 90 valence electrons. The number of aryl methyl sites for hydroxylation is 1. The fourth-order valence-corrected chi connectivity index (χ4v) is 2.75. The van der Waals surface area contributed by atoms with Crippen LogP contribution in [0.25, 0.3) is 0 Å². The number of hydrogen-bond acceptors (Lipinski definition) is 3. The molecule has 0 amide bonds. The van der Waals surface area contributed by atoms with E-state index in [0.29, 0.717) is 6.54 Å². The van der Waals surface area contributed by atoms with Crippen LogP contribution >= 0.6 is 11.3 Å². The highest BCUT2D eigenvalue weighted by atomic mass is 32.1. The summed E-state index contributed by atoms with van der Waals surface area (Å²) in [5.74, 6) is 0. The first-order valence-corrected chi connectivity index (χ1v) is 6.62. The van der Waals surface area contributed by atoms with Crippen molar-refractivity contribution in [1.29, 1.82) is 0 Å². The van der Waals surface area contributed by atoms with Crippen molar-refractivity contribution in [2.75, 3.05) is 11.9 Å². The summed E-state index contributed by atoms with van der Waals surface area (Å²) in [7, 11) is 2.12. The van der Waals surface area contributed by atoms with Gasteiger partial charge in [0.15, 0.2) is 0 Å². The average molecular weight is 246 g/mol. The Hall–Kier alpha value is -1.32. The molecular weight excluding hydrogens is 228 g/mol. The van der Waals surface area contributed by atoms with Gasteiger partial charge in [-0.1, -0.05) is 12.1 Å². The molecule has 0 aliphatic heterocycles. The molecule has 2 rings (SSSR count). The van der Waals surface area contributed by atoms with Crippen LogP contribution in [0.15, 0.2) is 35.7 Å². The fraction of sp³-hybridized carbons (Fsp3) is 0.286. The van der Waals surface area contributed by atoms with Gasteiger partial charge in [0.05, 0.1) is 6.54 Å². The van der Waals surface area contributed by atoms with Gasteiger partial charge in [0, 0.05) is 24.2 Å². The van der Waals surface area contributed by atoms with Gasteiger partial charge >= 0.3 is 0 Å². The molecule has 0 unspecified atom stereocenters. The van der Waals surface area contributed by atoms with Crippen molar-refractivity contribution in [2.24, 2.45) is 5.73 Å². The van der Waals surface area contributed by atoms with E-state index in [1.807, 2.05) is 11.3 Å². The normalized spacial score (nSPS) is 10.5. The van der Waals surface area contributed by atoms with E-state index in [1.54, 1.807) is 0 Å². The number of nitrogens with two attached hydrogens (primary N) is 1. The van der Waals surface area contributed by atoms with E-state index in [0.717, 1.165) is 6.54 Å². The molecule has 17 heavy (non-hydrogen) atoms. The summed E-state index contributed by atoms with van der Waals surface area (Å²) in [6, 6.07) is 10.6. The first kappa shape index (κ1) is 12.1. The molecule has 0 aliphatic rings. The molecule has 2 nitrogen and oxygen atoms in total. The second-order valence-corrected chi connectivity index (χ2v) is 5.26. The molecule has 0 aliphatic carbocycles. The van der Waals surface area contributed by atoms with Gasteiger partial charge in [-0.15, -0.1) is 11.3 Å². The maximum Gasteiger partial charge on any atom is 0.0522 e. The van der Waals surface area contributed by atoms with Gasteiger partial charge in [-0.2, -0.15) is 0 Å². The fourth-order valence-electron chi connectivity index (χ4n) is 1.79. The highest BCUT2D eigenvalue weighted by molar-refractivity contribution is 7.10. The molecule has 2 aromatic rings. The lowest BCUT2D eigenvalue weighted by molar-refractivity contribution is 0.929. The van der Waals surface area contributed by atoms with Crippen LogP contribution in [0.1, 0.15) is 16.0 Å². The van der Waals surface area contributed by atoms with Crippen LogP contribution in [-0.2, 0) is 13.1 Å². The van der Waals surface area contributed by atoms with E-state index in [1.165, 1.54) is 21.7 Å². The van der Waals surface area contributed by atoms with Crippen LogP contribution in [0.4, 0.5) is 5.69 Å². The van der Waals surface area contributed by atoms with Crippen molar-refractivity contribution in [2.45, 2.75) is 20.0 Å². The number of anilines is 1. The highest BCUT2D eigenvalue weighted by Crippen LogP contribution is 2.21. The first-order valence-electron chi connectivity index (χ1n) is 5.74.